The highest BCUT2D eigenvalue weighted by Crippen LogP contribution is 2.14. The van der Waals surface area contributed by atoms with Crippen LogP contribution in [0.15, 0.2) is 29.2 Å². The van der Waals surface area contributed by atoms with E-state index < -0.39 is 9.52 Å². The molecule has 0 aliphatic rings. The van der Waals surface area contributed by atoms with Crippen molar-refractivity contribution in [2.24, 2.45) is 5.92 Å². The van der Waals surface area contributed by atoms with Crippen molar-refractivity contribution in [3.8, 4) is 0 Å². The molecule has 2 heteroatoms. The average molecular weight is 210 g/mol. The van der Waals surface area contributed by atoms with E-state index in [9.17, 15) is 4.21 Å². The first-order chi connectivity index (χ1) is 6.39. The number of benzene rings is 1. The third-order valence-corrected chi connectivity index (χ3v) is 3.29. The molecule has 0 aliphatic heterocycles. The summed E-state index contributed by atoms with van der Waals surface area (Å²) >= 11 is 0. The molecule has 1 unspecified atom stereocenters. The monoisotopic (exact) mass is 210 g/mol. The van der Waals surface area contributed by atoms with Crippen LogP contribution in [0.2, 0.25) is 0 Å². The zero-order valence-corrected chi connectivity index (χ0v) is 9.93. The highest BCUT2D eigenvalue weighted by Gasteiger charge is 2.03. The van der Waals surface area contributed by atoms with Crippen LogP contribution in [0.4, 0.5) is 0 Å². The van der Waals surface area contributed by atoms with E-state index in [1.165, 1.54) is 5.56 Å². The lowest BCUT2D eigenvalue weighted by molar-refractivity contribution is 0.646. The number of hydrogen-bond acceptors (Lipinski definition) is 1. The highest BCUT2D eigenvalue weighted by atomic mass is 32.2. The van der Waals surface area contributed by atoms with E-state index in [-0.39, 0.29) is 0 Å². The highest BCUT2D eigenvalue weighted by molar-refractivity contribution is 7.99. The van der Waals surface area contributed by atoms with Crippen LogP contribution in [-0.4, -0.2) is 16.3 Å². The smallest absolute Gasteiger partial charge is 0.0305 e. The van der Waals surface area contributed by atoms with Crippen LogP contribution in [-0.2, 0) is 15.9 Å². The summed E-state index contributed by atoms with van der Waals surface area (Å²) in [7, 11) is -2.06. The van der Waals surface area contributed by atoms with Gasteiger partial charge in [-0.2, -0.15) is 0 Å². The van der Waals surface area contributed by atoms with Crippen LogP contribution < -0.4 is 0 Å². The van der Waals surface area contributed by atoms with E-state index in [2.05, 4.69) is 25.8 Å². The summed E-state index contributed by atoms with van der Waals surface area (Å²) in [5.74, 6) is 4.32. The van der Waals surface area contributed by atoms with Crippen molar-refractivity contribution in [3.63, 3.8) is 0 Å². The summed E-state index contributed by atoms with van der Waals surface area (Å²) < 4.78 is 11.7. The molecular formula is C12H18OS. The van der Waals surface area contributed by atoms with Gasteiger partial charge < -0.3 is 0 Å². The van der Waals surface area contributed by atoms with Crippen LogP contribution in [0.5, 0.6) is 0 Å². The summed E-state index contributed by atoms with van der Waals surface area (Å²) in [5, 5.41) is 0. The summed E-state index contributed by atoms with van der Waals surface area (Å²) in [5.41, 5.74) is 1.25. The van der Waals surface area contributed by atoms with Gasteiger partial charge in [-0.3, -0.25) is 4.21 Å². The fourth-order valence-corrected chi connectivity index (χ4v) is 2.18. The summed E-state index contributed by atoms with van der Waals surface area (Å²) in [6, 6.07) is 7.94. The maximum atomic E-state index is 11.7. The standard InChI is InChI=1S/C12H18OS/c1-10(2)8-11-6-5-7-12(9-11)14(3,4)13/h5-7,9-10H,3,8H2,1-2,4H3. The van der Waals surface area contributed by atoms with Gasteiger partial charge in [-0.1, -0.05) is 26.0 Å². The van der Waals surface area contributed by atoms with Gasteiger partial charge in [0.15, 0.2) is 0 Å². The summed E-state index contributed by atoms with van der Waals surface area (Å²) in [6.45, 7) is 4.36. The van der Waals surface area contributed by atoms with Crippen molar-refractivity contribution in [3.05, 3.63) is 29.8 Å². The van der Waals surface area contributed by atoms with Gasteiger partial charge in [0.2, 0.25) is 0 Å². The van der Waals surface area contributed by atoms with Crippen molar-refractivity contribution in [2.75, 3.05) is 6.26 Å². The molecule has 0 radical (unpaired) electrons. The molecule has 14 heavy (non-hydrogen) atoms. The lowest BCUT2D eigenvalue weighted by Gasteiger charge is -2.08. The molecule has 1 aromatic rings. The first-order valence-corrected chi connectivity index (χ1v) is 6.94. The maximum absolute atomic E-state index is 11.7. The third-order valence-electron chi connectivity index (χ3n) is 2.04. The van der Waals surface area contributed by atoms with Gasteiger partial charge in [-0.25, -0.2) is 0 Å². The zero-order chi connectivity index (χ0) is 10.8. The predicted octanol–water partition coefficient (Wildman–Crippen LogP) is 2.59. The quantitative estimate of drug-likeness (QED) is 0.701. The molecule has 1 nitrogen and oxygen atoms in total. The average Bonchev–Trinajstić information content (AvgIpc) is 2.01. The Labute approximate surface area is 87.2 Å². The molecule has 0 heterocycles. The number of hydrogen-bond donors (Lipinski definition) is 0. The second-order valence-corrected chi connectivity index (χ2v) is 6.73. The second-order valence-electron chi connectivity index (χ2n) is 4.25. The molecule has 0 N–H and O–H groups in total. The fraction of sp³-hybridized carbons (Fsp3) is 0.417. The van der Waals surface area contributed by atoms with Gasteiger partial charge in [0.25, 0.3) is 0 Å². The fourth-order valence-electron chi connectivity index (χ4n) is 1.41. The minimum Gasteiger partial charge on any atom is -0.263 e. The van der Waals surface area contributed by atoms with Gasteiger partial charge in [0.05, 0.1) is 0 Å². The lowest BCUT2D eigenvalue weighted by atomic mass is 10.0. The molecule has 0 saturated carbocycles. The molecule has 0 spiro atoms. The van der Waals surface area contributed by atoms with Crippen molar-refractivity contribution >= 4 is 15.4 Å². The molecule has 0 bridgehead atoms. The molecule has 1 rings (SSSR count). The molecular weight excluding hydrogens is 192 g/mol. The first-order valence-electron chi connectivity index (χ1n) is 4.81. The van der Waals surface area contributed by atoms with Gasteiger partial charge >= 0.3 is 0 Å². The zero-order valence-electron chi connectivity index (χ0n) is 9.12. The lowest BCUT2D eigenvalue weighted by Crippen LogP contribution is -1.99. The molecule has 78 valence electrons. The van der Waals surface area contributed by atoms with Gasteiger partial charge in [0.1, 0.15) is 0 Å². The molecule has 0 aromatic heterocycles. The van der Waals surface area contributed by atoms with Gasteiger partial charge in [-0.15, -0.1) is 0 Å². The molecule has 0 saturated heterocycles. The summed E-state index contributed by atoms with van der Waals surface area (Å²) in [6.07, 6.45) is 2.71. The molecule has 0 amide bonds. The van der Waals surface area contributed by atoms with Crippen molar-refractivity contribution in [2.45, 2.75) is 25.2 Å². The van der Waals surface area contributed by atoms with Crippen LogP contribution >= 0.6 is 0 Å². The van der Waals surface area contributed by atoms with E-state index in [1.54, 1.807) is 6.26 Å². The Balaban J connectivity index is 3.02. The minimum atomic E-state index is -2.06. The maximum Gasteiger partial charge on any atom is 0.0305 e. The van der Waals surface area contributed by atoms with E-state index >= 15 is 0 Å². The second kappa shape index (κ2) is 4.18. The minimum absolute atomic E-state index is 0.628. The Bertz CT molecular complexity index is 402. The largest absolute Gasteiger partial charge is 0.263 e. The summed E-state index contributed by atoms with van der Waals surface area (Å²) in [4.78, 5) is 0.857. The van der Waals surface area contributed by atoms with Crippen LogP contribution in [0.3, 0.4) is 0 Å². The molecule has 0 fully saturated rings. The predicted molar refractivity (Wildman–Crippen MR) is 64.4 cm³/mol. The molecule has 1 atom stereocenters. The topological polar surface area (TPSA) is 17.1 Å². The third kappa shape index (κ3) is 3.18. The van der Waals surface area contributed by atoms with E-state index in [0.29, 0.717) is 5.92 Å². The normalized spacial score (nSPS) is 15.4. The van der Waals surface area contributed by atoms with E-state index in [1.807, 2.05) is 18.2 Å². The number of rotatable bonds is 3. The van der Waals surface area contributed by atoms with Gasteiger partial charge in [-0.05, 0) is 45.4 Å². The van der Waals surface area contributed by atoms with Crippen molar-refractivity contribution in [1.29, 1.82) is 0 Å². The Morgan fingerprint density at radius 2 is 2.07 bits per heavy atom. The Hall–Kier alpha value is -0.760. The first kappa shape index (κ1) is 11.3. The molecule has 1 aromatic carbocycles. The molecule has 0 aliphatic carbocycles. The Morgan fingerprint density at radius 1 is 1.43 bits per heavy atom. The Kier molecular flexibility index (Phi) is 3.38. The Morgan fingerprint density at radius 3 is 2.57 bits per heavy atom. The van der Waals surface area contributed by atoms with Crippen LogP contribution in [0.1, 0.15) is 19.4 Å². The van der Waals surface area contributed by atoms with Gasteiger partial charge in [0, 0.05) is 11.2 Å². The van der Waals surface area contributed by atoms with Crippen LogP contribution in [0.25, 0.3) is 0 Å². The van der Waals surface area contributed by atoms with Crippen molar-refractivity contribution < 1.29 is 4.21 Å². The van der Waals surface area contributed by atoms with Crippen molar-refractivity contribution in [1.82, 2.24) is 0 Å². The van der Waals surface area contributed by atoms with Crippen LogP contribution in [0, 0.1) is 5.92 Å². The SMILES string of the molecule is C=S(C)(=O)c1cccc(CC(C)C)c1. The van der Waals surface area contributed by atoms with E-state index in [4.69, 9.17) is 0 Å². The van der Waals surface area contributed by atoms with E-state index in [0.717, 1.165) is 11.3 Å².